The van der Waals surface area contributed by atoms with E-state index in [0.717, 1.165) is 6.54 Å². The van der Waals surface area contributed by atoms with Crippen molar-refractivity contribution in [3.63, 3.8) is 0 Å². The topological polar surface area (TPSA) is 94.1 Å². The lowest BCUT2D eigenvalue weighted by Gasteiger charge is -2.21. The molecule has 6 heteroatoms. The Morgan fingerprint density at radius 1 is 1.39 bits per heavy atom. The molecule has 6 nitrogen and oxygen atoms in total. The van der Waals surface area contributed by atoms with Crippen LogP contribution in [0.2, 0.25) is 0 Å². The quantitative estimate of drug-likeness (QED) is 0.632. The summed E-state index contributed by atoms with van der Waals surface area (Å²) < 4.78 is 0. The maximum Gasteiger partial charge on any atom is 0.311 e. The van der Waals surface area contributed by atoms with Gasteiger partial charge in [0.2, 0.25) is 5.82 Å². The second kappa shape index (κ2) is 5.66. The number of hydrogen-bond donors (Lipinski definition) is 2. The van der Waals surface area contributed by atoms with Crippen LogP contribution in [0.25, 0.3) is 0 Å². The van der Waals surface area contributed by atoms with Crippen molar-refractivity contribution in [2.24, 2.45) is 5.92 Å². The van der Waals surface area contributed by atoms with Gasteiger partial charge in [-0.15, -0.1) is 0 Å². The number of nitrogen functional groups attached to an aromatic ring is 1. The number of hydrogen-bond acceptors (Lipinski definition) is 5. The molecule has 0 aromatic carbocycles. The molecule has 0 unspecified atom stereocenters. The van der Waals surface area contributed by atoms with E-state index in [4.69, 9.17) is 5.73 Å². The first-order chi connectivity index (χ1) is 8.66. The Morgan fingerprint density at radius 3 is 2.78 bits per heavy atom. The molecule has 1 heterocycles. The van der Waals surface area contributed by atoms with Gasteiger partial charge >= 0.3 is 5.69 Å². The first-order valence-electron chi connectivity index (χ1n) is 6.31. The van der Waals surface area contributed by atoms with Crippen LogP contribution >= 0.6 is 0 Å². The molecule has 1 aromatic heterocycles. The molecule has 1 fully saturated rings. The third-order valence-electron chi connectivity index (χ3n) is 3.38. The molecule has 0 atom stereocenters. The number of pyridine rings is 1. The van der Waals surface area contributed by atoms with Crippen LogP contribution in [-0.2, 0) is 0 Å². The number of nitrogens with two attached hydrogens (primary N) is 1. The molecule has 1 aliphatic rings. The Balaban J connectivity index is 2.03. The highest BCUT2D eigenvalue weighted by Gasteiger charge is 2.18. The minimum absolute atomic E-state index is 0.0139. The van der Waals surface area contributed by atoms with Gasteiger partial charge in [-0.05, 0) is 24.8 Å². The van der Waals surface area contributed by atoms with Crippen molar-refractivity contribution >= 4 is 17.3 Å². The van der Waals surface area contributed by atoms with Crippen molar-refractivity contribution in [1.82, 2.24) is 4.98 Å². The normalized spacial score (nSPS) is 16.4. The van der Waals surface area contributed by atoms with Crippen LogP contribution in [-0.4, -0.2) is 16.5 Å². The summed E-state index contributed by atoms with van der Waals surface area (Å²) in [6.45, 7) is 0.733. The van der Waals surface area contributed by atoms with Crippen LogP contribution < -0.4 is 11.1 Å². The Labute approximate surface area is 106 Å². The molecule has 1 aliphatic carbocycles. The summed E-state index contributed by atoms with van der Waals surface area (Å²) in [7, 11) is 0. The second-order valence-corrected chi connectivity index (χ2v) is 4.75. The average Bonchev–Trinajstić information content (AvgIpc) is 2.37. The van der Waals surface area contributed by atoms with E-state index in [1.807, 2.05) is 0 Å². The van der Waals surface area contributed by atoms with E-state index < -0.39 is 4.92 Å². The van der Waals surface area contributed by atoms with E-state index in [1.54, 1.807) is 0 Å². The molecule has 0 aliphatic heterocycles. The van der Waals surface area contributed by atoms with Crippen LogP contribution in [0.4, 0.5) is 17.3 Å². The lowest BCUT2D eigenvalue weighted by Crippen LogP contribution is -2.18. The zero-order valence-electron chi connectivity index (χ0n) is 10.3. The number of nitro groups is 1. The SMILES string of the molecule is Nc1ccc([N+](=O)[O-])c(NCC2CCCCC2)n1. The molecule has 0 bridgehead atoms. The average molecular weight is 250 g/mol. The fourth-order valence-electron chi connectivity index (χ4n) is 2.38. The van der Waals surface area contributed by atoms with E-state index in [1.165, 1.54) is 44.2 Å². The highest BCUT2D eigenvalue weighted by molar-refractivity contribution is 5.59. The van der Waals surface area contributed by atoms with Crippen LogP contribution in [0.15, 0.2) is 12.1 Å². The van der Waals surface area contributed by atoms with Crippen LogP contribution in [0.5, 0.6) is 0 Å². The molecule has 1 saturated carbocycles. The predicted molar refractivity (Wildman–Crippen MR) is 70.4 cm³/mol. The van der Waals surface area contributed by atoms with Gasteiger partial charge < -0.3 is 11.1 Å². The molecule has 98 valence electrons. The third kappa shape index (κ3) is 3.09. The van der Waals surface area contributed by atoms with Crippen LogP contribution in [0, 0.1) is 16.0 Å². The van der Waals surface area contributed by atoms with Crippen molar-refractivity contribution in [1.29, 1.82) is 0 Å². The van der Waals surface area contributed by atoms with Gasteiger partial charge in [0.15, 0.2) is 0 Å². The molecule has 0 radical (unpaired) electrons. The molecule has 0 spiro atoms. The highest BCUT2D eigenvalue weighted by atomic mass is 16.6. The first-order valence-corrected chi connectivity index (χ1v) is 6.31. The summed E-state index contributed by atoms with van der Waals surface area (Å²) in [6.07, 6.45) is 6.16. The number of nitrogens with one attached hydrogen (secondary N) is 1. The number of rotatable bonds is 4. The Kier molecular flexibility index (Phi) is 3.96. The minimum Gasteiger partial charge on any atom is -0.384 e. The van der Waals surface area contributed by atoms with Gasteiger partial charge in [-0.3, -0.25) is 10.1 Å². The van der Waals surface area contributed by atoms with Gasteiger partial charge in [-0.25, -0.2) is 4.98 Å². The fourth-order valence-corrected chi connectivity index (χ4v) is 2.38. The van der Waals surface area contributed by atoms with Crippen molar-refractivity contribution in [2.75, 3.05) is 17.6 Å². The summed E-state index contributed by atoms with van der Waals surface area (Å²) >= 11 is 0. The number of nitrogens with zero attached hydrogens (tertiary/aromatic N) is 2. The molecular formula is C12H18N4O2. The summed E-state index contributed by atoms with van der Waals surface area (Å²) in [5.41, 5.74) is 5.55. The molecule has 3 N–H and O–H groups in total. The lowest BCUT2D eigenvalue weighted by atomic mass is 9.89. The number of anilines is 2. The third-order valence-corrected chi connectivity index (χ3v) is 3.38. The molecule has 0 amide bonds. The van der Waals surface area contributed by atoms with Crippen molar-refractivity contribution in [3.05, 3.63) is 22.2 Å². The van der Waals surface area contributed by atoms with Crippen molar-refractivity contribution in [2.45, 2.75) is 32.1 Å². The summed E-state index contributed by atoms with van der Waals surface area (Å²) in [5, 5.41) is 13.9. The Hall–Kier alpha value is -1.85. The highest BCUT2D eigenvalue weighted by Crippen LogP contribution is 2.26. The zero-order chi connectivity index (χ0) is 13.0. The van der Waals surface area contributed by atoms with Gasteiger partial charge in [0.05, 0.1) is 4.92 Å². The number of aromatic nitrogens is 1. The smallest absolute Gasteiger partial charge is 0.311 e. The van der Waals surface area contributed by atoms with Gasteiger partial charge in [0.25, 0.3) is 0 Å². The molecule has 18 heavy (non-hydrogen) atoms. The largest absolute Gasteiger partial charge is 0.384 e. The summed E-state index contributed by atoms with van der Waals surface area (Å²) in [5.74, 6) is 1.17. The van der Waals surface area contributed by atoms with Crippen molar-refractivity contribution in [3.8, 4) is 0 Å². The monoisotopic (exact) mass is 250 g/mol. The van der Waals surface area contributed by atoms with Crippen LogP contribution in [0.1, 0.15) is 32.1 Å². The molecule has 1 aromatic rings. The maximum absolute atomic E-state index is 10.9. The van der Waals surface area contributed by atoms with E-state index in [-0.39, 0.29) is 11.5 Å². The van der Waals surface area contributed by atoms with Crippen molar-refractivity contribution < 1.29 is 4.92 Å². The Morgan fingerprint density at radius 2 is 2.11 bits per heavy atom. The predicted octanol–water partition coefficient (Wildman–Crippen LogP) is 2.56. The summed E-state index contributed by atoms with van der Waals surface area (Å²) in [4.78, 5) is 14.4. The summed E-state index contributed by atoms with van der Waals surface area (Å²) in [6, 6.07) is 2.84. The fraction of sp³-hybridized carbons (Fsp3) is 0.583. The van der Waals surface area contributed by atoms with E-state index in [2.05, 4.69) is 10.3 Å². The van der Waals surface area contributed by atoms with Gasteiger partial charge in [-0.1, -0.05) is 19.3 Å². The van der Waals surface area contributed by atoms with E-state index in [9.17, 15) is 10.1 Å². The molecule has 2 rings (SSSR count). The molecular weight excluding hydrogens is 232 g/mol. The Bertz CT molecular complexity index is 430. The van der Waals surface area contributed by atoms with E-state index in [0.29, 0.717) is 11.7 Å². The van der Waals surface area contributed by atoms with E-state index >= 15 is 0 Å². The maximum atomic E-state index is 10.9. The molecule has 0 saturated heterocycles. The minimum atomic E-state index is -0.435. The zero-order valence-corrected chi connectivity index (χ0v) is 10.3. The second-order valence-electron chi connectivity index (χ2n) is 4.75. The first kappa shape index (κ1) is 12.6. The lowest BCUT2D eigenvalue weighted by molar-refractivity contribution is -0.384. The van der Waals surface area contributed by atoms with Gasteiger partial charge in [-0.2, -0.15) is 0 Å². The standard InChI is InChI=1S/C12H18N4O2/c13-11-7-6-10(16(17)18)12(15-11)14-8-9-4-2-1-3-5-9/h6-7,9H,1-5,8H2,(H3,13,14,15). The van der Waals surface area contributed by atoms with Crippen LogP contribution in [0.3, 0.4) is 0 Å². The van der Waals surface area contributed by atoms with Gasteiger partial charge in [0, 0.05) is 12.6 Å². The van der Waals surface area contributed by atoms with Gasteiger partial charge in [0.1, 0.15) is 5.82 Å².